The molecule has 0 spiro atoms. The van der Waals surface area contributed by atoms with Crippen molar-refractivity contribution in [1.29, 1.82) is 0 Å². The Bertz CT molecular complexity index is 580. The van der Waals surface area contributed by atoms with Crippen LogP contribution in [0.5, 0.6) is 0 Å². The van der Waals surface area contributed by atoms with Gasteiger partial charge >= 0.3 is 0 Å². The van der Waals surface area contributed by atoms with Gasteiger partial charge in [0.1, 0.15) is 0 Å². The fourth-order valence-corrected chi connectivity index (χ4v) is 2.84. The standard InChI is InChI=1S/C17H21N3/c1-2-19-15-11-16(13-18-12-15)20-10-6-5-8-14-7-3-4-9-17(14)20/h3-4,7,9,11-13,19H,2,5-6,8,10H2,1H3. The van der Waals surface area contributed by atoms with Crippen LogP contribution in [0.3, 0.4) is 0 Å². The van der Waals surface area contributed by atoms with Gasteiger partial charge in [0.05, 0.1) is 23.8 Å². The monoisotopic (exact) mass is 267 g/mol. The van der Waals surface area contributed by atoms with Crippen molar-refractivity contribution in [2.24, 2.45) is 0 Å². The number of aryl methyl sites for hydroxylation is 1. The first kappa shape index (κ1) is 13.0. The molecule has 1 aromatic carbocycles. The van der Waals surface area contributed by atoms with Crippen molar-refractivity contribution in [1.82, 2.24) is 4.98 Å². The molecule has 3 heteroatoms. The van der Waals surface area contributed by atoms with E-state index in [0.717, 1.165) is 18.8 Å². The summed E-state index contributed by atoms with van der Waals surface area (Å²) in [5, 5.41) is 3.34. The molecule has 1 aromatic heterocycles. The third-order valence-corrected chi connectivity index (χ3v) is 3.78. The van der Waals surface area contributed by atoms with Gasteiger partial charge in [-0.1, -0.05) is 18.2 Å². The number of hydrogen-bond donors (Lipinski definition) is 1. The van der Waals surface area contributed by atoms with Gasteiger partial charge in [0, 0.05) is 18.8 Å². The lowest BCUT2D eigenvalue weighted by atomic mass is 10.1. The van der Waals surface area contributed by atoms with Gasteiger partial charge in [-0.3, -0.25) is 4.98 Å². The molecule has 0 saturated heterocycles. The number of nitrogens with zero attached hydrogens (tertiary/aromatic N) is 2. The third-order valence-electron chi connectivity index (χ3n) is 3.78. The number of hydrogen-bond acceptors (Lipinski definition) is 3. The maximum absolute atomic E-state index is 4.38. The summed E-state index contributed by atoms with van der Waals surface area (Å²) in [6.45, 7) is 4.09. The lowest BCUT2D eigenvalue weighted by molar-refractivity contribution is 0.760. The normalized spacial score (nSPS) is 14.6. The van der Waals surface area contributed by atoms with E-state index in [-0.39, 0.29) is 0 Å². The van der Waals surface area contributed by atoms with Crippen LogP contribution < -0.4 is 10.2 Å². The lowest BCUT2D eigenvalue weighted by Gasteiger charge is -2.25. The summed E-state index contributed by atoms with van der Waals surface area (Å²) >= 11 is 0. The van der Waals surface area contributed by atoms with Crippen LogP contribution in [0.15, 0.2) is 42.7 Å². The Morgan fingerprint density at radius 1 is 1.20 bits per heavy atom. The molecule has 104 valence electrons. The van der Waals surface area contributed by atoms with E-state index in [9.17, 15) is 0 Å². The molecular formula is C17H21N3. The first-order valence-electron chi connectivity index (χ1n) is 7.43. The van der Waals surface area contributed by atoms with Crippen molar-refractivity contribution in [2.45, 2.75) is 26.2 Å². The maximum Gasteiger partial charge on any atom is 0.0618 e. The Kier molecular flexibility index (Phi) is 3.86. The number of para-hydroxylation sites is 1. The van der Waals surface area contributed by atoms with Gasteiger partial charge in [-0.05, 0) is 43.9 Å². The second-order valence-electron chi connectivity index (χ2n) is 5.20. The molecule has 0 atom stereocenters. The highest BCUT2D eigenvalue weighted by Crippen LogP contribution is 2.32. The first-order chi connectivity index (χ1) is 9.88. The second kappa shape index (κ2) is 5.95. The molecule has 0 saturated carbocycles. The maximum atomic E-state index is 4.38. The van der Waals surface area contributed by atoms with Crippen LogP contribution in [0.25, 0.3) is 0 Å². The zero-order valence-corrected chi connectivity index (χ0v) is 12.0. The molecule has 2 heterocycles. The van der Waals surface area contributed by atoms with Crippen LogP contribution in [-0.4, -0.2) is 18.1 Å². The van der Waals surface area contributed by atoms with E-state index in [1.807, 2.05) is 12.4 Å². The molecule has 0 unspecified atom stereocenters. The molecule has 0 amide bonds. The molecular weight excluding hydrogens is 246 g/mol. The van der Waals surface area contributed by atoms with Crippen LogP contribution in [0.4, 0.5) is 17.1 Å². The fourth-order valence-electron chi connectivity index (χ4n) is 2.84. The van der Waals surface area contributed by atoms with Crippen molar-refractivity contribution in [3.05, 3.63) is 48.3 Å². The number of rotatable bonds is 3. The predicted octanol–water partition coefficient (Wildman–Crippen LogP) is 3.99. The van der Waals surface area contributed by atoms with Crippen molar-refractivity contribution in [2.75, 3.05) is 23.3 Å². The molecule has 3 nitrogen and oxygen atoms in total. The van der Waals surface area contributed by atoms with E-state index in [1.165, 1.54) is 36.2 Å². The minimum atomic E-state index is 0.918. The van der Waals surface area contributed by atoms with E-state index in [4.69, 9.17) is 0 Å². The average Bonchev–Trinajstić information content (AvgIpc) is 2.70. The molecule has 0 radical (unpaired) electrons. The van der Waals surface area contributed by atoms with E-state index in [1.54, 1.807) is 0 Å². The number of anilines is 3. The molecule has 1 aliphatic rings. The summed E-state index contributed by atoms with van der Waals surface area (Å²) in [5.74, 6) is 0. The lowest BCUT2D eigenvalue weighted by Crippen LogP contribution is -2.18. The summed E-state index contributed by atoms with van der Waals surface area (Å²) < 4.78 is 0. The van der Waals surface area contributed by atoms with Gasteiger partial charge in [-0.15, -0.1) is 0 Å². The smallest absolute Gasteiger partial charge is 0.0618 e. The average molecular weight is 267 g/mol. The number of benzene rings is 1. The number of aromatic nitrogens is 1. The third kappa shape index (κ3) is 2.62. The summed E-state index contributed by atoms with van der Waals surface area (Å²) in [7, 11) is 0. The van der Waals surface area contributed by atoms with E-state index >= 15 is 0 Å². The van der Waals surface area contributed by atoms with Crippen molar-refractivity contribution in [3.8, 4) is 0 Å². The Labute approximate surface area is 120 Å². The van der Waals surface area contributed by atoms with Crippen LogP contribution in [0.2, 0.25) is 0 Å². The Morgan fingerprint density at radius 3 is 3.00 bits per heavy atom. The van der Waals surface area contributed by atoms with Crippen molar-refractivity contribution < 1.29 is 0 Å². The van der Waals surface area contributed by atoms with Gasteiger partial charge < -0.3 is 10.2 Å². The van der Waals surface area contributed by atoms with E-state index in [2.05, 4.69) is 52.5 Å². The molecule has 0 aliphatic carbocycles. The van der Waals surface area contributed by atoms with Gasteiger partial charge in [0.2, 0.25) is 0 Å². The van der Waals surface area contributed by atoms with Crippen LogP contribution in [-0.2, 0) is 6.42 Å². The summed E-state index contributed by atoms with van der Waals surface area (Å²) in [6.07, 6.45) is 7.50. The molecule has 3 rings (SSSR count). The van der Waals surface area contributed by atoms with Crippen molar-refractivity contribution >= 4 is 17.1 Å². The fraction of sp³-hybridized carbons (Fsp3) is 0.353. The highest BCUT2D eigenvalue weighted by molar-refractivity contribution is 5.69. The molecule has 20 heavy (non-hydrogen) atoms. The topological polar surface area (TPSA) is 28.2 Å². The number of pyridine rings is 1. The Morgan fingerprint density at radius 2 is 2.10 bits per heavy atom. The largest absolute Gasteiger partial charge is 0.384 e. The van der Waals surface area contributed by atoms with Crippen LogP contribution >= 0.6 is 0 Å². The minimum absolute atomic E-state index is 0.918. The van der Waals surface area contributed by atoms with Crippen LogP contribution in [0, 0.1) is 0 Å². The second-order valence-corrected chi connectivity index (χ2v) is 5.20. The van der Waals surface area contributed by atoms with Gasteiger partial charge in [-0.25, -0.2) is 0 Å². The van der Waals surface area contributed by atoms with Gasteiger partial charge in [0.15, 0.2) is 0 Å². The van der Waals surface area contributed by atoms with E-state index in [0.29, 0.717) is 0 Å². The summed E-state index contributed by atoms with van der Waals surface area (Å²) in [6, 6.07) is 10.9. The molecule has 0 fully saturated rings. The zero-order valence-electron chi connectivity index (χ0n) is 12.0. The van der Waals surface area contributed by atoms with E-state index < -0.39 is 0 Å². The highest BCUT2D eigenvalue weighted by atomic mass is 15.1. The van der Waals surface area contributed by atoms with Crippen LogP contribution in [0.1, 0.15) is 25.3 Å². The van der Waals surface area contributed by atoms with Gasteiger partial charge in [0.25, 0.3) is 0 Å². The molecule has 1 aliphatic heterocycles. The highest BCUT2D eigenvalue weighted by Gasteiger charge is 2.16. The number of nitrogens with one attached hydrogen (secondary N) is 1. The minimum Gasteiger partial charge on any atom is -0.384 e. The SMILES string of the molecule is CCNc1cncc(N2CCCCc3ccccc32)c1. The predicted molar refractivity (Wildman–Crippen MR) is 84.8 cm³/mol. The molecule has 1 N–H and O–H groups in total. The quantitative estimate of drug-likeness (QED) is 0.911. The van der Waals surface area contributed by atoms with Gasteiger partial charge in [-0.2, -0.15) is 0 Å². The Hall–Kier alpha value is -2.03. The molecule has 0 bridgehead atoms. The van der Waals surface area contributed by atoms with Crippen molar-refractivity contribution in [3.63, 3.8) is 0 Å². The Balaban J connectivity index is 1.98. The first-order valence-corrected chi connectivity index (χ1v) is 7.43. The number of fused-ring (bicyclic) bond motifs is 1. The summed E-state index contributed by atoms with van der Waals surface area (Å²) in [4.78, 5) is 6.78. The zero-order chi connectivity index (χ0) is 13.8. The molecule has 2 aromatic rings. The summed E-state index contributed by atoms with van der Waals surface area (Å²) in [5.41, 5.74) is 5.05.